The summed E-state index contributed by atoms with van der Waals surface area (Å²) in [5.41, 5.74) is 0.954. The van der Waals surface area contributed by atoms with Gasteiger partial charge < -0.3 is 14.6 Å². The number of aryl methyl sites for hydroxylation is 1. The third-order valence-corrected chi connectivity index (χ3v) is 5.77. The van der Waals surface area contributed by atoms with Gasteiger partial charge in [0.1, 0.15) is 5.75 Å². The number of amides is 1. The van der Waals surface area contributed by atoms with E-state index in [9.17, 15) is 4.79 Å². The zero-order valence-electron chi connectivity index (χ0n) is 15.7. The van der Waals surface area contributed by atoms with Crippen LogP contribution in [0, 0.1) is 6.92 Å². The minimum Gasteiger partial charge on any atom is -0.482 e. The number of ether oxygens (including phenoxy) is 1. The molecule has 7 nitrogen and oxygen atoms in total. The fourth-order valence-corrected chi connectivity index (χ4v) is 4.14. The summed E-state index contributed by atoms with van der Waals surface area (Å²) in [7, 11) is 0. The lowest BCUT2D eigenvalue weighted by atomic mass is 10.2. The molecule has 0 radical (unpaired) electrons. The highest BCUT2D eigenvalue weighted by Gasteiger charge is 2.20. The first-order valence-electron chi connectivity index (χ1n) is 8.66. The van der Waals surface area contributed by atoms with Crippen molar-refractivity contribution in [2.24, 2.45) is 0 Å². The number of thioether (sulfide) groups is 1. The molecule has 1 atom stereocenters. The topological polar surface area (TPSA) is 81.9 Å². The molecule has 0 bridgehead atoms. The van der Waals surface area contributed by atoms with Gasteiger partial charge in [-0.2, -0.15) is 0 Å². The molecule has 1 N–H and O–H groups in total. The number of carbonyl (C=O) groups is 1. The van der Waals surface area contributed by atoms with E-state index in [1.165, 1.54) is 23.1 Å². The largest absolute Gasteiger partial charge is 0.482 e. The Balaban J connectivity index is 1.66. The van der Waals surface area contributed by atoms with Gasteiger partial charge in [-0.05, 0) is 44.5 Å². The minimum absolute atomic E-state index is 0.131. The summed E-state index contributed by atoms with van der Waals surface area (Å²) in [5.74, 6) is 1.55. The second-order valence-electron chi connectivity index (χ2n) is 5.93. The predicted molar refractivity (Wildman–Crippen MR) is 112 cm³/mol. The molecule has 3 aromatic rings. The van der Waals surface area contributed by atoms with Crippen LogP contribution in [0.25, 0.3) is 0 Å². The van der Waals surface area contributed by atoms with Crippen LogP contribution in [-0.4, -0.2) is 31.4 Å². The van der Waals surface area contributed by atoms with Crippen molar-refractivity contribution >= 4 is 45.7 Å². The fraction of sp³-hybridized carbons (Fsp3) is 0.333. The van der Waals surface area contributed by atoms with Crippen molar-refractivity contribution < 1.29 is 9.53 Å². The zero-order valence-corrected chi connectivity index (χ0v) is 18.1. The fourth-order valence-electron chi connectivity index (χ4n) is 2.56. The molecule has 0 saturated carbocycles. The molecular weight excluding hydrogens is 418 g/mol. The molecule has 0 aliphatic heterocycles. The second kappa shape index (κ2) is 9.40. The number of thiazole rings is 1. The van der Waals surface area contributed by atoms with E-state index in [1.54, 1.807) is 12.3 Å². The highest BCUT2D eigenvalue weighted by Crippen LogP contribution is 2.28. The molecule has 0 fully saturated rings. The summed E-state index contributed by atoms with van der Waals surface area (Å²) in [5, 5.41) is 15.0. The molecule has 0 aliphatic carbocycles. The first kappa shape index (κ1) is 20.6. The first-order chi connectivity index (χ1) is 13.5. The molecule has 0 aliphatic rings. The molecule has 2 aromatic heterocycles. The van der Waals surface area contributed by atoms with Crippen LogP contribution in [0.15, 0.2) is 34.9 Å². The SMILES string of the molecule is CCn1c(SCC(=O)Nc2nccs2)nnc1C(C)Oc1ccc(Cl)cc1C. The quantitative estimate of drug-likeness (QED) is 0.519. The van der Waals surface area contributed by atoms with Gasteiger partial charge in [-0.25, -0.2) is 4.98 Å². The van der Waals surface area contributed by atoms with Crippen LogP contribution < -0.4 is 10.1 Å². The van der Waals surface area contributed by atoms with Gasteiger partial charge in [0.05, 0.1) is 5.75 Å². The molecule has 1 amide bonds. The van der Waals surface area contributed by atoms with Gasteiger partial charge in [-0.15, -0.1) is 21.5 Å². The van der Waals surface area contributed by atoms with E-state index in [0.29, 0.717) is 27.7 Å². The molecule has 0 saturated heterocycles. The number of halogens is 1. The van der Waals surface area contributed by atoms with Gasteiger partial charge in [0, 0.05) is 23.1 Å². The molecule has 28 heavy (non-hydrogen) atoms. The Morgan fingerprint density at radius 2 is 2.25 bits per heavy atom. The van der Waals surface area contributed by atoms with Crippen molar-refractivity contribution in [1.82, 2.24) is 19.7 Å². The van der Waals surface area contributed by atoms with E-state index < -0.39 is 0 Å². The maximum atomic E-state index is 12.1. The number of hydrogen-bond acceptors (Lipinski definition) is 7. The monoisotopic (exact) mass is 437 g/mol. The first-order valence-corrected chi connectivity index (χ1v) is 10.9. The maximum Gasteiger partial charge on any atom is 0.236 e. The van der Waals surface area contributed by atoms with E-state index in [4.69, 9.17) is 16.3 Å². The van der Waals surface area contributed by atoms with Crippen molar-refractivity contribution in [3.05, 3.63) is 46.2 Å². The van der Waals surface area contributed by atoms with Crippen LogP contribution in [0.5, 0.6) is 5.75 Å². The Bertz CT molecular complexity index is 946. The van der Waals surface area contributed by atoms with Crippen LogP contribution in [0.1, 0.15) is 31.3 Å². The molecule has 1 aromatic carbocycles. The Kier molecular flexibility index (Phi) is 6.93. The van der Waals surface area contributed by atoms with Gasteiger partial charge in [-0.3, -0.25) is 4.79 Å². The summed E-state index contributed by atoms with van der Waals surface area (Å²) in [4.78, 5) is 16.1. The number of carbonyl (C=O) groups excluding carboxylic acids is 1. The van der Waals surface area contributed by atoms with E-state index in [2.05, 4.69) is 20.5 Å². The van der Waals surface area contributed by atoms with E-state index in [0.717, 1.165) is 11.3 Å². The lowest BCUT2D eigenvalue weighted by Gasteiger charge is -2.17. The minimum atomic E-state index is -0.300. The number of hydrogen-bond donors (Lipinski definition) is 1. The van der Waals surface area contributed by atoms with Gasteiger partial charge >= 0.3 is 0 Å². The number of nitrogens with zero attached hydrogens (tertiary/aromatic N) is 4. The van der Waals surface area contributed by atoms with Crippen LogP contribution in [0.2, 0.25) is 5.02 Å². The number of benzene rings is 1. The second-order valence-corrected chi connectivity index (χ2v) is 8.20. The normalized spacial score (nSPS) is 12.0. The summed E-state index contributed by atoms with van der Waals surface area (Å²) in [6.07, 6.45) is 1.35. The van der Waals surface area contributed by atoms with Crippen LogP contribution in [-0.2, 0) is 11.3 Å². The molecule has 3 rings (SSSR count). The standard InChI is InChI=1S/C18H20ClN5O2S2/c1-4-24-16(12(3)26-14-6-5-13(19)9-11(14)2)22-23-18(24)28-10-15(25)21-17-20-7-8-27-17/h5-9,12H,4,10H2,1-3H3,(H,20,21,25). The van der Waals surface area contributed by atoms with Crippen molar-refractivity contribution in [2.45, 2.75) is 38.6 Å². The Labute approximate surface area is 176 Å². The summed E-state index contributed by atoms with van der Waals surface area (Å²) in [6, 6.07) is 5.50. The maximum absolute atomic E-state index is 12.1. The van der Waals surface area contributed by atoms with E-state index in [-0.39, 0.29) is 17.8 Å². The molecular formula is C18H20ClN5O2S2. The van der Waals surface area contributed by atoms with Gasteiger partial charge in [-0.1, -0.05) is 23.4 Å². The molecule has 0 spiro atoms. The average molecular weight is 438 g/mol. The Morgan fingerprint density at radius 3 is 2.93 bits per heavy atom. The smallest absolute Gasteiger partial charge is 0.236 e. The van der Waals surface area contributed by atoms with Gasteiger partial charge in [0.15, 0.2) is 22.2 Å². The summed E-state index contributed by atoms with van der Waals surface area (Å²) >= 11 is 8.72. The van der Waals surface area contributed by atoms with Crippen LogP contribution >= 0.6 is 34.7 Å². The lowest BCUT2D eigenvalue weighted by molar-refractivity contribution is -0.113. The lowest BCUT2D eigenvalue weighted by Crippen LogP contribution is -2.15. The van der Waals surface area contributed by atoms with Gasteiger partial charge in [0.25, 0.3) is 0 Å². The average Bonchev–Trinajstić information content (AvgIpc) is 3.31. The molecule has 1 unspecified atom stereocenters. The third-order valence-electron chi connectivity index (χ3n) is 3.88. The van der Waals surface area contributed by atoms with Crippen molar-refractivity contribution in [1.29, 1.82) is 0 Å². The van der Waals surface area contributed by atoms with E-state index >= 15 is 0 Å². The number of aromatic nitrogens is 4. The Morgan fingerprint density at radius 1 is 1.43 bits per heavy atom. The highest BCUT2D eigenvalue weighted by molar-refractivity contribution is 7.99. The third kappa shape index (κ3) is 5.03. The molecule has 2 heterocycles. The predicted octanol–water partition coefficient (Wildman–Crippen LogP) is 4.59. The van der Waals surface area contributed by atoms with Crippen LogP contribution in [0.3, 0.4) is 0 Å². The molecule has 10 heteroatoms. The Hall–Kier alpha value is -2.10. The highest BCUT2D eigenvalue weighted by atomic mass is 35.5. The van der Waals surface area contributed by atoms with Crippen molar-refractivity contribution in [2.75, 3.05) is 11.1 Å². The van der Waals surface area contributed by atoms with Crippen LogP contribution in [0.4, 0.5) is 5.13 Å². The molecule has 148 valence electrons. The number of rotatable bonds is 8. The van der Waals surface area contributed by atoms with Crippen molar-refractivity contribution in [3.8, 4) is 5.75 Å². The van der Waals surface area contributed by atoms with E-state index in [1.807, 2.05) is 42.9 Å². The number of nitrogens with one attached hydrogen (secondary N) is 1. The van der Waals surface area contributed by atoms with Crippen molar-refractivity contribution in [3.63, 3.8) is 0 Å². The van der Waals surface area contributed by atoms with Gasteiger partial charge in [0.2, 0.25) is 5.91 Å². The summed E-state index contributed by atoms with van der Waals surface area (Å²) in [6.45, 7) is 6.55. The summed E-state index contributed by atoms with van der Waals surface area (Å²) < 4.78 is 8.02. The number of anilines is 1. The zero-order chi connectivity index (χ0) is 20.1.